The molecule has 0 saturated heterocycles. The van der Waals surface area contributed by atoms with Crippen LogP contribution < -0.4 is 20.5 Å². The van der Waals surface area contributed by atoms with Crippen LogP contribution in [0.15, 0.2) is 34.3 Å². The predicted molar refractivity (Wildman–Crippen MR) is 92.1 cm³/mol. The van der Waals surface area contributed by atoms with E-state index in [9.17, 15) is 9.59 Å². The predicted octanol–water partition coefficient (Wildman–Crippen LogP) is 1.84. The van der Waals surface area contributed by atoms with Gasteiger partial charge in [0.2, 0.25) is 6.79 Å². The molecule has 1 atom stereocenters. The lowest BCUT2D eigenvalue weighted by molar-refractivity contribution is 0.0693. The Morgan fingerprint density at radius 3 is 3.00 bits per heavy atom. The molecule has 2 aliphatic heterocycles. The van der Waals surface area contributed by atoms with Crippen LogP contribution in [0.4, 0.5) is 5.69 Å². The van der Waals surface area contributed by atoms with Gasteiger partial charge >= 0.3 is 5.97 Å². The van der Waals surface area contributed by atoms with E-state index >= 15 is 0 Å². The number of nitrogens with one attached hydrogen (secondary N) is 1. The quantitative estimate of drug-likeness (QED) is 0.806. The zero-order valence-corrected chi connectivity index (χ0v) is 13.9. The highest BCUT2D eigenvalue weighted by molar-refractivity contribution is 5.99. The number of hydrogen-bond donors (Lipinski definition) is 2. The highest BCUT2D eigenvalue weighted by Gasteiger charge is 2.26. The number of hydrazone groups is 1. The molecule has 0 bridgehead atoms. The van der Waals surface area contributed by atoms with Crippen molar-refractivity contribution in [3.8, 4) is 11.5 Å². The van der Waals surface area contributed by atoms with Crippen LogP contribution in [0.5, 0.6) is 11.5 Å². The maximum Gasteiger partial charge on any atom is 0.342 e. The van der Waals surface area contributed by atoms with E-state index < -0.39 is 11.5 Å². The van der Waals surface area contributed by atoms with Crippen molar-refractivity contribution in [2.75, 3.05) is 12.2 Å². The number of fused-ring (bicyclic) bond motifs is 2. The molecule has 0 amide bonds. The molecule has 1 aromatic heterocycles. The minimum atomic E-state index is -1.28. The second kappa shape index (κ2) is 6.17. The molecule has 0 aliphatic carbocycles. The summed E-state index contributed by atoms with van der Waals surface area (Å²) in [5.41, 5.74) is 3.33. The molecule has 4 rings (SSSR count). The molecule has 0 saturated carbocycles. The van der Waals surface area contributed by atoms with Crippen LogP contribution in [0.25, 0.3) is 0 Å². The van der Waals surface area contributed by atoms with Crippen molar-refractivity contribution in [2.45, 2.75) is 25.8 Å². The Kier molecular flexibility index (Phi) is 3.83. The van der Waals surface area contributed by atoms with E-state index in [1.54, 1.807) is 18.2 Å². The average molecular weight is 356 g/mol. The van der Waals surface area contributed by atoms with Gasteiger partial charge in [0, 0.05) is 18.3 Å². The third-order valence-corrected chi connectivity index (χ3v) is 4.41. The third kappa shape index (κ3) is 2.67. The fraction of sp³-hybridized carbons (Fsp3) is 0.294. The molecule has 0 radical (unpaired) electrons. The van der Waals surface area contributed by atoms with Crippen LogP contribution in [0.2, 0.25) is 0 Å². The average Bonchev–Trinajstić information content (AvgIpc) is 3.08. The number of benzene rings is 1. The number of hydrogen-bond acceptors (Lipinski definition) is 7. The number of aromatic carboxylic acids is 1. The van der Waals surface area contributed by atoms with Gasteiger partial charge in [-0.1, -0.05) is 0 Å². The number of carboxylic acid groups (broad SMARTS) is 1. The number of rotatable bonds is 3. The van der Waals surface area contributed by atoms with Gasteiger partial charge in [0.1, 0.15) is 11.3 Å². The Bertz CT molecular complexity index is 982. The van der Waals surface area contributed by atoms with Crippen molar-refractivity contribution < 1.29 is 19.4 Å². The van der Waals surface area contributed by atoms with Gasteiger partial charge in [-0.25, -0.2) is 9.78 Å². The summed E-state index contributed by atoms with van der Waals surface area (Å²) in [5, 5.41) is 13.5. The molecular weight excluding hydrogens is 340 g/mol. The number of carbonyl (C=O) groups is 1. The zero-order chi connectivity index (χ0) is 18.3. The van der Waals surface area contributed by atoms with Gasteiger partial charge in [0.25, 0.3) is 5.56 Å². The Balaban J connectivity index is 1.68. The molecule has 9 nitrogen and oxygen atoms in total. The van der Waals surface area contributed by atoms with E-state index in [1.807, 2.05) is 6.92 Å². The van der Waals surface area contributed by atoms with Gasteiger partial charge in [-0.05, 0) is 31.9 Å². The van der Waals surface area contributed by atoms with E-state index in [2.05, 4.69) is 15.5 Å². The van der Waals surface area contributed by atoms with Gasteiger partial charge < -0.3 is 14.6 Å². The lowest BCUT2D eigenvalue weighted by atomic mass is 10.0. The largest absolute Gasteiger partial charge is 0.477 e. The summed E-state index contributed by atoms with van der Waals surface area (Å²) in [6.45, 7) is 2.05. The molecule has 1 unspecified atom stereocenters. The Morgan fingerprint density at radius 1 is 1.38 bits per heavy atom. The minimum absolute atomic E-state index is 0.145. The lowest BCUT2D eigenvalue weighted by Crippen LogP contribution is -2.37. The maximum absolute atomic E-state index is 12.4. The highest BCUT2D eigenvalue weighted by Crippen LogP contribution is 2.34. The van der Waals surface area contributed by atoms with Gasteiger partial charge in [-0.3, -0.25) is 14.8 Å². The van der Waals surface area contributed by atoms with Crippen molar-refractivity contribution >= 4 is 17.4 Å². The fourth-order valence-corrected chi connectivity index (χ4v) is 3.03. The van der Waals surface area contributed by atoms with Crippen LogP contribution in [-0.2, 0) is 0 Å². The fourth-order valence-electron chi connectivity index (χ4n) is 3.03. The first kappa shape index (κ1) is 16.1. The third-order valence-electron chi connectivity index (χ3n) is 4.41. The molecule has 0 fully saturated rings. The molecule has 9 heteroatoms. The monoisotopic (exact) mass is 356 g/mol. The van der Waals surface area contributed by atoms with Crippen molar-refractivity contribution in [1.29, 1.82) is 0 Å². The number of anilines is 1. The minimum Gasteiger partial charge on any atom is -0.477 e. The summed E-state index contributed by atoms with van der Waals surface area (Å²) < 4.78 is 12.0. The normalized spacial score (nSPS) is 19.3. The van der Waals surface area contributed by atoms with Crippen LogP contribution in [0.1, 0.15) is 42.0 Å². The van der Waals surface area contributed by atoms with Crippen molar-refractivity contribution in [2.24, 2.45) is 5.10 Å². The number of carboxylic acids is 1. The second-order valence-corrected chi connectivity index (χ2v) is 6.10. The van der Waals surface area contributed by atoms with Crippen LogP contribution >= 0.6 is 0 Å². The Morgan fingerprint density at radius 2 is 2.19 bits per heavy atom. The van der Waals surface area contributed by atoms with Crippen molar-refractivity contribution in [1.82, 2.24) is 9.55 Å². The molecule has 1 aromatic carbocycles. The summed E-state index contributed by atoms with van der Waals surface area (Å²) in [7, 11) is 0. The highest BCUT2D eigenvalue weighted by atomic mass is 16.7. The van der Waals surface area contributed by atoms with E-state index in [0.717, 1.165) is 6.20 Å². The van der Waals surface area contributed by atoms with Crippen molar-refractivity contribution in [3.63, 3.8) is 0 Å². The van der Waals surface area contributed by atoms with Crippen LogP contribution in [0.3, 0.4) is 0 Å². The molecule has 134 valence electrons. The molecule has 2 aromatic rings. The molecule has 2 N–H and O–H groups in total. The topological polar surface area (TPSA) is 115 Å². The Hall–Kier alpha value is -3.36. The van der Waals surface area contributed by atoms with Gasteiger partial charge in [-0.2, -0.15) is 5.10 Å². The van der Waals surface area contributed by atoms with Gasteiger partial charge in [0.15, 0.2) is 17.3 Å². The number of ether oxygens (including phenoxy) is 2. The van der Waals surface area contributed by atoms with Crippen molar-refractivity contribution in [3.05, 3.63) is 46.1 Å². The first-order chi connectivity index (χ1) is 12.5. The summed E-state index contributed by atoms with van der Waals surface area (Å²) in [4.78, 5) is 27.8. The summed E-state index contributed by atoms with van der Waals surface area (Å²) >= 11 is 0. The van der Waals surface area contributed by atoms with Crippen LogP contribution in [-0.4, -0.2) is 33.1 Å². The smallest absolute Gasteiger partial charge is 0.342 e. The summed E-state index contributed by atoms with van der Waals surface area (Å²) in [5.74, 6) is 0.405. The standard InChI is InChI=1S/C17H16N4O5/c1-9-2-4-12(15-18-7-11(17(23)24)16(22)21(9)15)20-19-10-3-5-13-14(6-10)26-8-25-13/h3,5-7,9,19H,2,4,8H2,1H3,(H,23,24). The molecule has 26 heavy (non-hydrogen) atoms. The molecule has 3 heterocycles. The van der Waals surface area contributed by atoms with E-state index in [-0.39, 0.29) is 18.4 Å². The summed E-state index contributed by atoms with van der Waals surface area (Å²) in [6.07, 6.45) is 2.38. The van der Waals surface area contributed by atoms with Crippen LogP contribution in [0, 0.1) is 0 Å². The lowest BCUT2D eigenvalue weighted by Gasteiger charge is -2.25. The molecule has 2 aliphatic rings. The first-order valence-corrected chi connectivity index (χ1v) is 8.12. The molecular formula is C17H16N4O5. The van der Waals surface area contributed by atoms with E-state index in [4.69, 9.17) is 14.6 Å². The van der Waals surface area contributed by atoms with E-state index in [1.165, 1.54) is 4.57 Å². The van der Waals surface area contributed by atoms with E-state index in [0.29, 0.717) is 41.6 Å². The molecule has 0 spiro atoms. The summed E-state index contributed by atoms with van der Waals surface area (Å²) in [6, 6.07) is 5.21. The number of aromatic nitrogens is 2. The van der Waals surface area contributed by atoms with Gasteiger partial charge in [0.05, 0.1) is 5.69 Å². The van der Waals surface area contributed by atoms with Gasteiger partial charge in [-0.15, -0.1) is 0 Å². The Labute approximate surface area is 147 Å². The SMILES string of the molecule is CC1CCC(=NNc2ccc3c(c2)OCO3)c2ncc(C(=O)O)c(=O)n21. The second-order valence-electron chi connectivity index (χ2n) is 6.10. The zero-order valence-electron chi connectivity index (χ0n) is 13.9. The number of nitrogens with zero attached hydrogens (tertiary/aromatic N) is 3. The maximum atomic E-state index is 12.4. The first-order valence-electron chi connectivity index (χ1n) is 8.12.